The van der Waals surface area contributed by atoms with Gasteiger partial charge in [-0.05, 0) is 42.5 Å². The molecule has 0 aliphatic rings. The van der Waals surface area contributed by atoms with Crippen LogP contribution in [0.3, 0.4) is 0 Å². The summed E-state index contributed by atoms with van der Waals surface area (Å²) < 4.78 is 31.3. The van der Waals surface area contributed by atoms with E-state index in [1.54, 1.807) is 6.07 Å². The van der Waals surface area contributed by atoms with Crippen molar-refractivity contribution in [2.24, 2.45) is 0 Å². The summed E-state index contributed by atoms with van der Waals surface area (Å²) in [6.07, 6.45) is 0. The highest BCUT2D eigenvalue weighted by Gasteiger charge is 2.11. The molecule has 8 heteroatoms. The van der Waals surface area contributed by atoms with Crippen molar-refractivity contribution in [3.8, 4) is 11.5 Å². The largest absolute Gasteiger partial charge is 0.411 e. The molecular weight excluding hydrogens is 336 g/mol. The summed E-state index contributed by atoms with van der Waals surface area (Å²) >= 11 is 1.05. The first-order chi connectivity index (χ1) is 11.6. The Kier molecular flexibility index (Phi) is 4.85. The molecule has 0 fully saturated rings. The normalized spacial score (nSPS) is 10.6. The smallest absolute Gasteiger partial charge is 0.277 e. The lowest BCUT2D eigenvalue weighted by atomic mass is 10.2. The highest BCUT2D eigenvalue weighted by atomic mass is 32.2. The second-order valence-electron chi connectivity index (χ2n) is 4.73. The minimum Gasteiger partial charge on any atom is -0.411 e. The van der Waals surface area contributed by atoms with Gasteiger partial charge in [0.1, 0.15) is 11.6 Å². The van der Waals surface area contributed by atoms with Gasteiger partial charge in [0.05, 0.1) is 5.75 Å². The lowest BCUT2D eigenvalue weighted by molar-refractivity contribution is -0.113. The summed E-state index contributed by atoms with van der Waals surface area (Å²) in [4.78, 5) is 11.8. The Labute approximate surface area is 140 Å². The standard InChI is InChI=1S/C16H11F2N3O2S/c17-11-6-4-10(5-7-11)15-20-21-16(23-15)24-9-14(22)19-13-3-1-2-12(18)8-13/h1-8H,9H2,(H,19,22). The Morgan fingerprint density at radius 2 is 1.88 bits per heavy atom. The molecular formula is C16H11F2N3O2S. The molecule has 0 atom stereocenters. The van der Waals surface area contributed by atoms with Gasteiger partial charge in [0.2, 0.25) is 11.8 Å². The number of hydrogen-bond acceptors (Lipinski definition) is 5. The zero-order valence-electron chi connectivity index (χ0n) is 12.2. The maximum Gasteiger partial charge on any atom is 0.277 e. The van der Waals surface area contributed by atoms with Crippen molar-refractivity contribution in [1.82, 2.24) is 10.2 Å². The number of amides is 1. The summed E-state index contributed by atoms with van der Waals surface area (Å²) in [5, 5.41) is 10.4. The first-order valence-electron chi connectivity index (χ1n) is 6.88. The number of anilines is 1. The molecule has 122 valence electrons. The van der Waals surface area contributed by atoms with Crippen molar-refractivity contribution < 1.29 is 18.0 Å². The molecule has 0 saturated carbocycles. The van der Waals surface area contributed by atoms with Crippen molar-refractivity contribution >= 4 is 23.4 Å². The zero-order valence-corrected chi connectivity index (χ0v) is 13.0. The van der Waals surface area contributed by atoms with Crippen LogP contribution in [-0.4, -0.2) is 21.9 Å². The van der Waals surface area contributed by atoms with Gasteiger partial charge >= 0.3 is 0 Å². The van der Waals surface area contributed by atoms with E-state index in [0.717, 1.165) is 11.8 Å². The molecule has 1 heterocycles. The summed E-state index contributed by atoms with van der Waals surface area (Å²) in [6, 6.07) is 11.2. The molecule has 0 saturated heterocycles. The molecule has 1 N–H and O–H groups in total. The van der Waals surface area contributed by atoms with Crippen LogP contribution >= 0.6 is 11.8 Å². The van der Waals surface area contributed by atoms with Crippen LogP contribution in [0.5, 0.6) is 0 Å². The van der Waals surface area contributed by atoms with E-state index in [1.165, 1.54) is 42.5 Å². The van der Waals surface area contributed by atoms with Gasteiger partial charge in [0.25, 0.3) is 5.22 Å². The Hall–Kier alpha value is -2.74. The number of nitrogens with one attached hydrogen (secondary N) is 1. The molecule has 0 radical (unpaired) electrons. The fraction of sp³-hybridized carbons (Fsp3) is 0.0625. The van der Waals surface area contributed by atoms with Crippen molar-refractivity contribution in [2.45, 2.75) is 5.22 Å². The quantitative estimate of drug-likeness (QED) is 0.712. The number of halogens is 2. The number of hydrogen-bond donors (Lipinski definition) is 1. The maximum absolute atomic E-state index is 13.0. The predicted octanol–water partition coefficient (Wildman–Crippen LogP) is 3.75. The van der Waals surface area contributed by atoms with E-state index >= 15 is 0 Å². The molecule has 0 unspecified atom stereocenters. The molecule has 5 nitrogen and oxygen atoms in total. The number of rotatable bonds is 5. The average molecular weight is 347 g/mol. The minimum atomic E-state index is -0.429. The van der Waals surface area contributed by atoms with E-state index in [0.29, 0.717) is 11.3 Å². The molecule has 1 aromatic heterocycles. The number of carbonyl (C=O) groups excluding carboxylic acids is 1. The van der Waals surface area contributed by atoms with Gasteiger partial charge in [-0.25, -0.2) is 8.78 Å². The first kappa shape index (κ1) is 16.1. The van der Waals surface area contributed by atoms with E-state index in [-0.39, 0.29) is 28.6 Å². The average Bonchev–Trinajstić information content (AvgIpc) is 3.03. The highest BCUT2D eigenvalue weighted by molar-refractivity contribution is 7.99. The topological polar surface area (TPSA) is 68.0 Å². The molecule has 0 bridgehead atoms. The Morgan fingerprint density at radius 1 is 1.08 bits per heavy atom. The third-order valence-corrected chi connectivity index (χ3v) is 3.75. The fourth-order valence-electron chi connectivity index (χ4n) is 1.87. The van der Waals surface area contributed by atoms with E-state index in [9.17, 15) is 13.6 Å². The fourth-order valence-corrected chi connectivity index (χ4v) is 2.43. The Morgan fingerprint density at radius 3 is 2.62 bits per heavy atom. The molecule has 2 aromatic carbocycles. The summed E-state index contributed by atoms with van der Waals surface area (Å²) in [5.41, 5.74) is 0.957. The second-order valence-corrected chi connectivity index (χ2v) is 5.65. The molecule has 24 heavy (non-hydrogen) atoms. The minimum absolute atomic E-state index is 0.0293. The summed E-state index contributed by atoms with van der Waals surface area (Å²) in [6.45, 7) is 0. The van der Waals surface area contributed by atoms with Crippen LogP contribution in [-0.2, 0) is 4.79 Å². The van der Waals surface area contributed by atoms with Gasteiger partial charge < -0.3 is 9.73 Å². The SMILES string of the molecule is O=C(CSc1nnc(-c2ccc(F)cc2)o1)Nc1cccc(F)c1. The van der Waals surface area contributed by atoms with Gasteiger partial charge in [-0.3, -0.25) is 4.79 Å². The van der Waals surface area contributed by atoms with Crippen molar-refractivity contribution in [3.63, 3.8) is 0 Å². The van der Waals surface area contributed by atoms with Crippen LogP contribution < -0.4 is 5.32 Å². The molecule has 3 aromatic rings. The van der Waals surface area contributed by atoms with Crippen LogP contribution in [0, 0.1) is 11.6 Å². The van der Waals surface area contributed by atoms with Crippen LogP contribution in [0.15, 0.2) is 58.2 Å². The number of aromatic nitrogens is 2. The van der Waals surface area contributed by atoms with E-state index < -0.39 is 5.82 Å². The van der Waals surface area contributed by atoms with E-state index in [4.69, 9.17) is 4.42 Å². The van der Waals surface area contributed by atoms with E-state index in [2.05, 4.69) is 15.5 Å². The maximum atomic E-state index is 13.0. The molecule has 0 aliphatic heterocycles. The third-order valence-electron chi connectivity index (χ3n) is 2.93. The number of benzene rings is 2. The zero-order chi connectivity index (χ0) is 16.9. The number of nitrogens with zero attached hydrogens (tertiary/aromatic N) is 2. The molecule has 3 rings (SSSR count). The number of carbonyl (C=O) groups is 1. The van der Waals surface area contributed by atoms with Gasteiger partial charge in [0.15, 0.2) is 0 Å². The van der Waals surface area contributed by atoms with Crippen LogP contribution in [0.25, 0.3) is 11.5 Å². The Bertz CT molecular complexity index is 853. The second kappa shape index (κ2) is 7.22. The van der Waals surface area contributed by atoms with Gasteiger partial charge in [-0.15, -0.1) is 10.2 Å². The van der Waals surface area contributed by atoms with Crippen molar-refractivity contribution in [2.75, 3.05) is 11.1 Å². The highest BCUT2D eigenvalue weighted by Crippen LogP contribution is 2.23. The van der Waals surface area contributed by atoms with Gasteiger partial charge in [0, 0.05) is 11.3 Å². The predicted molar refractivity (Wildman–Crippen MR) is 85.4 cm³/mol. The monoisotopic (exact) mass is 347 g/mol. The molecule has 0 aliphatic carbocycles. The summed E-state index contributed by atoms with van der Waals surface area (Å²) in [7, 11) is 0. The van der Waals surface area contributed by atoms with Crippen LogP contribution in [0.4, 0.5) is 14.5 Å². The number of thioether (sulfide) groups is 1. The van der Waals surface area contributed by atoms with Crippen molar-refractivity contribution in [3.05, 3.63) is 60.2 Å². The van der Waals surface area contributed by atoms with Gasteiger partial charge in [-0.1, -0.05) is 17.8 Å². The van der Waals surface area contributed by atoms with Gasteiger partial charge in [-0.2, -0.15) is 0 Å². The third kappa shape index (κ3) is 4.17. The lowest BCUT2D eigenvalue weighted by Crippen LogP contribution is -2.14. The summed E-state index contributed by atoms with van der Waals surface area (Å²) in [5.74, 6) is -0.847. The Balaban J connectivity index is 1.57. The van der Waals surface area contributed by atoms with Crippen LogP contribution in [0.2, 0.25) is 0 Å². The molecule has 1 amide bonds. The first-order valence-corrected chi connectivity index (χ1v) is 7.86. The molecule has 0 spiro atoms. The van der Waals surface area contributed by atoms with Crippen molar-refractivity contribution in [1.29, 1.82) is 0 Å². The lowest BCUT2D eigenvalue weighted by Gasteiger charge is -2.03. The van der Waals surface area contributed by atoms with E-state index in [1.807, 2.05) is 0 Å². The van der Waals surface area contributed by atoms with Crippen LogP contribution in [0.1, 0.15) is 0 Å².